The van der Waals surface area contributed by atoms with Crippen LogP contribution in [-0.2, 0) is 10.0 Å². The molecule has 1 saturated heterocycles. The summed E-state index contributed by atoms with van der Waals surface area (Å²) >= 11 is 2.99. The van der Waals surface area contributed by atoms with Gasteiger partial charge in [0.25, 0.3) is 5.91 Å². The Bertz CT molecular complexity index is 1150. The molecule has 31 heavy (non-hydrogen) atoms. The molecule has 3 aromatic rings. The first-order valence-electron chi connectivity index (χ1n) is 10.1. The van der Waals surface area contributed by atoms with Gasteiger partial charge < -0.3 is 14.3 Å². The van der Waals surface area contributed by atoms with Gasteiger partial charge in [0, 0.05) is 39.3 Å². The van der Waals surface area contributed by atoms with Crippen LogP contribution in [0.25, 0.3) is 9.53 Å². The van der Waals surface area contributed by atoms with Crippen LogP contribution in [0.3, 0.4) is 0 Å². The van der Waals surface area contributed by atoms with Gasteiger partial charge in [-0.05, 0) is 33.8 Å². The van der Waals surface area contributed by atoms with Crippen molar-refractivity contribution in [2.45, 2.75) is 32.6 Å². The second-order valence-electron chi connectivity index (χ2n) is 7.30. The van der Waals surface area contributed by atoms with Crippen LogP contribution in [0, 0.1) is 13.8 Å². The molecule has 0 atom stereocenters. The molecule has 1 fully saturated rings. The summed E-state index contributed by atoms with van der Waals surface area (Å²) < 4.78 is 33.4. The van der Waals surface area contributed by atoms with E-state index < -0.39 is 10.0 Å². The van der Waals surface area contributed by atoms with Gasteiger partial charge in [0.2, 0.25) is 10.0 Å². The van der Waals surface area contributed by atoms with Gasteiger partial charge in [0.15, 0.2) is 10.9 Å². The van der Waals surface area contributed by atoms with Crippen LogP contribution in [-0.4, -0.2) is 72.9 Å². The zero-order chi connectivity index (χ0) is 22.3. The van der Waals surface area contributed by atoms with E-state index in [1.807, 2.05) is 6.07 Å². The number of hydrogen-bond acceptors (Lipinski definition) is 9. The first-order chi connectivity index (χ1) is 14.8. The van der Waals surface area contributed by atoms with Crippen LogP contribution in [0.15, 0.2) is 15.5 Å². The van der Waals surface area contributed by atoms with E-state index in [-0.39, 0.29) is 29.7 Å². The number of anilines is 1. The van der Waals surface area contributed by atoms with E-state index in [0.29, 0.717) is 23.7 Å². The predicted octanol–water partition coefficient (Wildman–Crippen LogP) is 2.96. The maximum Gasteiger partial charge on any atom is 0.264 e. The summed E-state index contributed by atoms with van der Waals surface area (Å²) in [5.74, 6) is 0.209. The van der Waals surface area contributed by atoms with Crippen LogP contribution < -0.4 is 4.90 Å². The molecule has 3 aromatic heterocycles. The summed E-state index contributed by atoms with van der Waals surface area (Å²) in [4.78, 5) is 23.2. The number of amides is 1. The van der Waals surface area contributed by atoms with E-state index in [1.165, 1.54) is 15.6 Å². The fraction of sp³-hybridized carbons (Fsp3) is 0.526. The van der Waals surface area contributed by atoms with E-state index in [9.17, 15) is 13.2 Å². The van der Waals surface area contributed by atoms with E-state index in [2.05, 4.69) is 28.9 Å². The Morgan fingerprint density at radius 1 is 1.16 bits per heavy atom. The quantitative estimate of drug-likeness (QED) is 0.531. The van der Waals surface area contributed by atoms with Gasteiger partial charge in [-0.2, -0.15) is 4.31 Å². The molecular formula is C19H25N5O4S3. The van der Waals surface area contributed by atoms with Crippen LogP contribution >= 0.6 is 22.7 Å². The lowest BCUT2D eigenvalue weighted by Crippen LogP contribution is -2.50. The van der Waals surface area contributed by atoms with Crippen LogP contribution in [0.5, 0.6) is 0 Å². The molecule has 0 unspecified atom stereocenters. The second kappa shape index (κ2) is 8.49. The molecule has 9 nitrogen and oxygen atoms in total. The minimum Gasteiger partial charge on any atom is -0.360 e. The van der Waals surface area contributed by atoms with Crippen molar-refractivity contribution < 1.29 is 17.7 Å². The average molecular weight is 484 g/mol. The number of piperazine rings is 1. The highest BCUT2D eigenvalue weighted by molar-refractivity contribution is 7.89. The largest absolute Gasteiger partial charge is 0.360 e. The number of sulfonamides is 1. The number of rotatable bonds is 6. The van der Waals surface area contributed by atoms with Gasteiger partial charge in [-0.1, -0.05) is 16.5 Å². The lowest BCUT2D eigenvalue weighted by molar-refractivity contribution is 0.0703. The van der Waals surface area contributed by atoms with Gasteiger partial charge >= 0.3 is 0 Å². The Kier molecular flexibility index (Phi) is 6.08. The minimum atomic E-state index is -3.69. The maximum atomic E-state index is 13.0. The standard InChI is InChI=1S/C19H25N5O4S3/c1-5-22(6-2)19-20-17-14(30-19)11-15(29-17)18(25)23-7-9-24(10-8-23)31(26,27)16-12(3)21-28-13(16)4/h11H,5-10H2,1-4H3. The first kappa shape index (κ1) is 22.2. The number of hydrogen-bond donors (Lipinski definition) is 0. The highest BCUT2D eigenvalue weighted by atomic mass is 32.2. The van der Waals surface area contributed by atoms with Crippen molar-refractivity contribution in [2.24, 2.45) is 0 Å². The van der Waals surface area contributed by atoms with Crippen molar-refractivity contribution in [2.75, 3.05) is 44.2 Å². The molecule has 0 spiro atoms. The molecule has 0 N–H and O–H groups in total. The Hall–Kier alpha value is -2.02. The van der Waals surface area contributed by atoms with Gasteiger partial charge in [-0.25, -0.2) is 13.4 Å². The Morgan fingerprint density at radius 3 is 2.39 bits per heavy atom. The smallest absolute Gasteiger partial charge is 0.264 e. The molecule has 12 heteroatoms. The molecule has 0 aliphatic carbocycles. The third-order valence-corrected chi connectivity index (χ3v) is 9.77. The average Bonchev–Trinajstić information content (AvgIpc) is 3.42. The number of aryl methyl sites for hydroxylation is 2. The monoisotopic (exact) mass is 483 g/mol. The maximum absolute atomic E-state index is 13.0. The number of carbonyl (C=O) groups excluding carboxylic acids is 1. The highest BCUT2D eigenvalue weighted by Crippen LogP contribution is 2.35. The fourth-order valence-corrected chi connectivity index (χ4v) is 7.74. The third-order valence-electron chi connectivity index (χ3n) is 5.41. The normalized spacial score (nSPS) is 15.7. The van der Waals surface area contributed by atoms with Crippen molar-refractivity contribution >= 4 is 53.3 Å². The Morgan fingerprint density at radius 2 is 1.84 bits per heavy atom. The topological polar surface area (TPSA) is 99.9 Å². The van der Waals surface area contributed by atoms with Crippen LogP contribution in [0.4, 0.5) is 5.13 Å². The lowest BCUT2D eigenvalue weighted by atomic mass is 10.3. The van der Waals surface area contributed by atoms with Gasteiger partial charge in [0.1, 0.15) is 15.4 Å². The van der Waals surface area contributed by atoms with Crippen LogP contribution in [0.1, 0.15) is 35.0 Å². The summed E-state index contributed by atoms with van der Waals surface area (Å²) in [6.45, 7) is 10.3. The number of fused-ring (bicyclic) bond motifs is 1. The zero-order valence-corrected chi connectivity index (χ0v) is 20.4. The van der Waals surface area contributed by atoms with Gasteiger partial charge in [-0.15, -0.1) is 11.3 Å². The van der Waals surface area contributed by atoms with Gasteiger partial charge in [0.05, 0.1) is 9.58 Å². The Balaban J connectivity index is 1.45. The predicted molar refractivity (Wildman–Crippen MR) is 122 cm³/mol. The lowest BCUT2D eigenvalue weighted by Gasteiger charge is -2.33. The van der Waals surface area contributed by atoms with Crippen molar-refractivity contribution in [3.8, 4) is 0 Å². The number of carbonyl (C=O) groups is 1. The molecule has 1 aliphatic rings. The summed E-state index contributed by atoms with van der Waals surface area (Å²) in [6, 6.07) is 1.90. The number of nitrogens with zero attached hydrogens (tertiary/aromatic N) is 5. The van der Waals surface area contributed by atoms with E-state index >= 15 is 0 Å². The van der Waals surface area contributed by atoms with Crippen molar-refractivity contribution in [1.29, 1.82) is 0 Å². The fourth-order valence-electron chi connectivity index (χ4n) is 3.72. The molecule has 168 valence electrons. The summed E-state index contributed by atoms with van der Waals surface area (Å²) in [6.07, 6.45) is 0. The van der Waals surface area contributed by atoms with E-state index in [0.717, 1.165) is 27.8 Å². The zero-order valence-electron chi connectivity index (χ0n) is 17.9. The highest BCUT2D eigenvalue weighted by Gasteiger charge is 2.34. The van der Waals surface area contributed by atoms with Crippen molar-refractivity contribution in [1.82, 2.24) is 19.3 Å². The second-order valence-corrected chi connectivity index (χ2v) is 11.2. The molecule has 0 aromatic carbocycles. The van der Waals surface area contributed by atoms with Crippen molar-refractivity contribution in [3.63, 3.8) is 0 Å². The van der Waals surface area contributed by atoms with E-state index in [1.54, 1.807) is 30.1 Å². The number of thiazole rings is 1. The summed E-state index contributed by atoms with van der Waals surface area (Å²) in [5, 5.41) is 4.73. The number of thiophene rings is 1. The SMILES string of the molecule is CCN(CC)c1nc2sc(C(=O)N3CCN(S(=O)(=O)c4c(C)noc4C)CC3)cc2s1. The van der Waals surface area contributed by atoms with Crippen molar-refractivity contribution in [3.05, 3.63) is 22.4 Å². The molecule has 1 amide bonds. The molecule has 1 aliphatic heterocycles. The first-order valence-corrected chi connectivity index (χ1v) is 13.2. The molecule has 4 heterocycles. The molecule has 4 rings (SSSR count). The third kappa shape index (κ3) is 3.97. The summed E-state index contributed by atoms with van der Waals surface area (Å²) in [7, 11) is -3.69. The van der Waals surface area contributed by atoms with Gasteiger partial charge in [-0.3, -0.25) is 4.79 Å². The summed E-state index contributed by atoms with van der Waals surface area (Å²) in [5.41, 5.74) is 0.353. The minimum absolute atomic E-state index is 0.0750. The Labute approximate surface area is 189 Å². The van der Waals surface area contributed by atoms with Crippen LogP contribution in [0.2, 0.25) is 0 Å². The molecule has 0 radical (unpaired) electrons. The molecule has 0 saturated carbocycles. The molecule has 0 bridgehead atoms. The molecular weight excluding hydrogens is 458 g/mol. The van der Waals surface area contributed by atoms with E-state index in [4.69, 9.17) is 4.52 Å². The number of aromatic nitrogens is 2.